The number of carbonyl (C=O) groups is 1. The number of carbonyl (C=O) groups excluding carboxylic acids is 1. The minimum Gasteiger partial charge on any atom is -0.851 e. The van der Waals surface area contributed by atoms with Crippen LogP contribution in [0.25, 0.3) is 0 Å². The number of hydrogen-bond donors (Lipinski definition) is 0. The molecule has 88 valence electrons. The van der Waals surface area contributed by atoms with Crippen LogP contribution < -0.4 is 9.84 Å². The van der Waals surface area contributed by atoms with Gasteiger partial charge in [-0.05, 0) is 37.5 Å². The van der Waals surface area contributed by atoms with Crippen LogP contribution >= 0.6 is 0 Å². The average molecular weight is 221 g/mol. The molecular weight excluding hydrogens is 204 g/mol. The van der Waals surface area contributed by atoms with Crippen LogP contribution in [-0.2, 0) is 17.8 Å². The molecule has 1 rings (SSSR count). The normalized spacial score (nSPS) is 10.2. The smallest absolute Gasteiger partial charge is 0.130 e. The first-order valence-corrected chi connectivity index (χ1v) is 5.49. The molecule has 1 aromatic rings. The molecule has 0 aliphatic rings. The van der Waals surface area contributed by atoms with Gasteiger partial charge in [-0.2, -0.15) is 0 Å². The van der Waals surface area contributed by atoms with Gasteiger partial charge in [0.15, 0.2) is 0 Å². The lowest BCUT2D eigenvalue weighted by atomic mass is 10.1. The summed E-state index contributed by atoms with van der Waals surface area (Å²) in [4.78, 5) is 10.9. The summed E-state index contributed by atoms with van der Waals surface area (Å²) in [6.07, 6.45) is 1.23. The molecule has 16 heavy (non-hydrogen) atoms. The van der Waals surface area contributed by atoms with E-state index in [0.717, 1.165) is 5.56 Å². The van der Waals surface area contributed by atoms with Crippen LogP contribution in [0.4, 0.5) is 0 Å². The van der Waals surface area contributed by atoms with Crippen molar-refractivity contribution in [1.29, 1.82) is 0 Å². The van der Waals surface area contributed by atoms with Gasteiger partial charge in [0.1, 0.15) is 11.5 Å². The van der Waals surface area contributed by atoms with Gasteiger partial charge in [0, 0.05) is 6.42 Å². The van der Waals surface area contributed by atoms with Gasteiger partial charge in [-0.1, -0.05) is 12.1 Å². The third-order valence-electron chi connectivity index (χ3n) is 2.35. The van der Waals surface area contributed by atoms with E-state index in [1.165, 1.54) is 0 Å². The van der Waals surface area contributed by atoms with Gasteiger partial charge in [0.2, 0.25) is 0 Å². The first-order valence-electron chi connectivity index (χ1n) is 5.49. The third kappa shape index (κ3) is 3.66. The van der Waals surface area contributed by atoms with Crippen LogP contribution in [-0.4, -0.2) is 12.4 Å². The number of Topliss-reactive ketones (excluding diaryl/α,β-unsaturated/α-hetero) is 1. The molecule has 0 aliphatic heterocycles. The summed E-state index contributed by atoms with van der Waals surface area (Å²) in [7, 11) is 0. The summed E-state index contributed by atoms with van der Waals surface area (Å²) in [5, 5.41) is 10.9. The van der Waals surface area contributed by atoms with Gasteiger partial charge in [-0.25, -0.2) is 0 Å². The molecule has 3 nitrogen and oxygen atoms in total. The third-order valence-corrected chi connectivity index (χ3v) is 2.35. The van der Waals surface area contributed by atoms with E-state index in [-0.39, 0.29) is 12.4 Å². The molecule has 0 N–H and O–H groups in total. The molecule has 0 fully saturated rings. The minimum absolute atomic E-state index is 0.172. The minimum atomic E-state index is -0.275. The maximum Gasteiger partial charge on any atom is 0.130 e. The average Bonchev–Trinajstić information content (AvgIpc) is 2.27. The zero-order valence-electron chi connectivity index (χ0n) is 9.79. The van der Waals surface area contributed by atoms with Gasteiger partial charge in [-0.3, -0.25) is 0 Å². The van der Waals surface area contributed by atoms with E-state index in [0.29, 0.717) is 30.8 Å². The van der Waals surface area contributed by atoms with E-state index in [9.17, 15) is 9.90 Å². The number of benzene rings is 1. The molecule has 0 atom stereocenters. The van der Waals surface area contributed by atoms with Crippen molar-refractivity contribution < 1.29 is 14.6 Å². The summed E-state index contributed by atoms with van der Waals surface area (Å²) in [5.41, 5.74) is 1.71. The van der Waals surface area contributed by atoms with E-state index < -0.39 is 0 Å². The Hall–Kier alpha value is -1.35. The Morgan fingerprint density at radius 2 is 2.19 bits per heavy atom. The summed E-state index contributed by atoms with van der Waals surface area (Å²) in [6.45, 7) is 3.73. The number of aryl methyl sites for hydroxylation is 1. The molecular formula is C13H17O3-. The standard InChI is InChI=1S/C13H17O3/c1-3-16-13-8-11(5-4-10(2)15)6-7-12(13)9-14/h6-8H,3-5,9H2,1-2H3/q-1. The van der Waals surface area contributed by atoms with Crippen molar-refractivity contribution in [2.45, 2.75) is 33.3 Å². The highest BCUT2D eigenvalue weighted by Crippen LogP contribution is 2.21. The van der Waals surface area contributed by atoms with E-state index in [1.54, 1.807) is 13.0 Å². The van der Waals surface area contributed by atoms with Crippen LogP contribution in [0, 0.1) is 0 Å². The van der Waals surface area contributed by atoms with Crippen molar-refractivity contribution in [1.82, 2.24) is 0 Å². The fourth-order valence-electron chi connectivity index (χ4n) is 1.48. The number of rotatable bonds is 6. The first kappa shape index (κ1) is 12.7. The maximum absolute atomic E-state index is 10.9. The number of hydrogen-bond acceptors (Lipinski definition) is 3. The van der Waals surface area contributed by atoms with E-state index in [2.05, 4.69) is 0 Å². The fraction of sp³-hybridized carbons (Fsp3) is 0.462. The summed E-state index contributed by atoms with van der Waals surface area (Å²) >= 11 is 0. The van der Waals surface area contributed by atoms with E-state index in [4.69, 9.17) is 4.74 Å². The molecule has 0 bridgehead atoms. The highest BCUT2D eigenvalue weighted by atomic mass is 16.5. The quantitative estimate of drug-likeness (QED) is 0.730. The van der Waals surface area contributed by atoms with Crippen molar-refractivity contribution in [3.63, 3.8) is 0 Å². The van der Waals surface area contributed by atoms with Gasteiger partial charge in [0.25, 0.3) is 0 Å². The van der Waals surface area contributed by atoms with E-state index in [1.807, 2.05) is 19.1 Å². The highest BCUT2D eigenvalue weighted by Gasteiger charge is 2.03. The molecule has 0 radical (unpaired) electrons. The topological polar surface area (TPSA) is 49.4 Å². The van der Waals surface area contributed by atoms with E-state index >= 15 is 0 Å². The Morgan fingerprint density at radius 3 is 2.75 bits per heavy atom. The van der Waals surface area contributed by atoms with Crippen molar-refractivity contribution >= 4 is 5.78 Å². The zero-order valence-corrected chi connectivity index (χ0v) is 9.79. The van der Waals surface area contributed by atoms with Crippen molar-refractivity contribution in [2.75, 3.05) is 6.61 Å². The molecule has 0 heterocycles. The summed E-state index contributed by atoms with van der Waals surface area (Å²) in [5.74, 6) is 0.824. The van der Waals surface area contributed by atoms with Crippen LogP contribution in [0.5, 0.6) is 5.75 Å². The second-order valence-electron chi connectivity index (χ2n) is 3.72. The first-order chi connectivity index (χ1) is 7.67. The molecule has 0 unspecified atom stereocenters. The van der Waals surface area contributed by atoms with Crippen LogP contribution in [0.1, 0.15) is 31.4 Å². The van der Waals surface area contributed by atoms with Gasteiger partial charge >= 0.3 is 0 Å². The Labute approximate surface area is 96.1 Å². The largest absolute Gasteiger partial charge is 0.851 e. The molecule has 0 saturated carbocycles. The zero-order chi connectivity index (χ0) is 12.0. The molecule has 3 heteroatoms. The summed E-state index contributed by atoms with van der Waals surface area (Å²) in [6, 6.07) is 5.53. The maximum atomic E-state index is 10.9. The molecule has 0 saturated heterocycles. The van der Waals surface area contributed by atoms with Crippen LogP contribution in [0.3, 0.4) is 0 Å². The Morgan fingerprint density at radius 1 is 1.44 bits per heavy atom. The van der Waals surface area contributed by atoms with Crippen molar-refractivity contribution in [3.05, 3.63) is 29.3 Å². The second kappa shape index (κ2) is 6.28. The van der Waals surface area contributed by atoms with Gasteiger partial charge in [-0.15, -0.1) is 6.61 Å². The van der Waals surface area contributed by atoms with Gasteiger partial charge < -0.3 is 14.6 Å². The monoisotopic (exact) mass is 221 g/mol. The Kier molecular flexibility index (Phi) is 4.99. The van der Waals surface area contributed by atoms with Crippen molar-refractivity contribution in [2.24, 2.45) is 0 Å². The predicted octanol–water partition coefficient (Wildman–Crippen LogP) is 1.47. The molecule has 1 aromatic carbocycles. The van der Waals surface area contributed by atoms with Crippen molar-refractivity contribution in [3.8, 4) is 5.75 Å². The number of ether oxygens (including phenoxy) is 1. The lowest BCUT2D eigenvalue weighted by Crippen LogP contribution is -2.06. The highest BCUT2D eigenvalue weighted by molar-refractivity contribution is 5.75. The fourth-order valence-corrected chi connectivity index (χ4v) is 1.48. The lowest BCUT2D eigenvalue weighted by molar-refractivity contribution is -0.386. The van der Waals surface area contributed by atoms with Crippen LogP contribution in [0.2, 0.25) is 0 Å². The SMILES string of the molecule is CCOc1cc(CCC(C)=O)ccc1C[O-]. The van der Waals surface area contributed by atoms with Crippen LogP contribution in [0.15, 0.2) is 18.2 Å². The second-order valence-corrected chi connectivity index (χ2v) is 3.72. The molecule has 0 amide bonds. The lowest BCUT2D eigenvalue weighted by Gasteiger charge is -2.13. The Balaban J connectivity index is 2.79. The molecule has 0 aliphatic carbocycles. The molecule has 0 aromatic heterocycles. The van der Waals surface area contributed by atoms with Gasteiger partial charge in [0.05, 0.1) is 6.61 Å². The number of ketones is 1. The molecule has 0 spiro atoms. The summed E-state index contributed by atoms with van der Waals surface area (Å²) < 4.78 is 5.39. The Bertz CT molecular complexity index is 358. The predicted molar refractivity (Wildman–Crippen MR) is 60.3 cm³/mol.